The minimum absolute atomic E-state index is 0.0591. The Bertz CT molecular complexity index is 203. The normalized spacial score (nSPS) is 32.1. The molecule has 0 aromatic carbocycles. The summed E-state index contributed by atoms with van der Waals surface area (Å²) in [6, 6.07) is 0. The summed E-state index contributed by atoms with van der Waals surface area (Å²) in [7, 11) is 0. The second-order valence-electron chi connectivity index (χ2n) is 3.10. The van der Waals surface area contributed by atoms with E-state index in [0.29, 0.717) is 0 Å². The van der Waals surface area contributed by atoms with Crippen molar-refractivity contribution in [3.63, 3.8) is 0 Å². The minimum Gasteiger partial charge on any atom is -0.481 e. The van der Waals surface area contributed by atoms with Crippen LogP contribution in [0.5, 0.6) is 0 Å². The Hall–Kier alpha value is 0.01000. The lowest BCUT2D eigenvalue weighted by Gasteiger charge is -2.05. The molecule has 1 aliphatic carbocycles. The van der Waals surface area contributed by atoms with Crippen LogP contribution in [0, 0.1) is 5.92 Å². The first-order valence-electron chi connectivity index (χ1n) is 3.63. The van der Waals surface area contributed by atoms with Crippen molar-refractivity contribution >= 4 is 29.2 Å². The Kier molecular flexibility index (Phi) is 2.57. The average Bonchev–Trinajstić information content (AvgIpc) is 2.32. The zero-order chi connectivity index (χ0) is 9.52. The molecule has 1 rings (SSSR count). The zero-order valence-corrected chi connectivity index (χ0v) is 8.26. The van der Waals surface area contributed by atoms with E-state index in [-0.39, 0.29) is 6.10 Å². The Morgan fingerprint density at radius 3 is 2.33 bits per heavy atom. The predicted octanol–water partition coefficient (Wildman–Crippen LogP) is 1.67. The summed E-state index contributed by atoms with van der Waals surface area (Å²) in [5.41, 5.74) is 0. The van der Waals surface area contributed by atoms with Crippen LogP contribution in [0.25, 0.3) is 0 Å². The topological polar surface area (TPSA) is 46.5 Å². The summed E-state index contributed by atoms with van der Waals surface area (Å²) in [6.45, 7) is 3.61. The van der Waals surface area contributed by atoms with E-state index < -0.39 is 22.3 Å². The third-order valence-electron chi connectivity index (χ3n) is 1.67. The molecule has 1 fully saturated rings. The molecule has 0 aliphatic heterocycles. The third kappa shape index (κ3) is 1.68. The van der Waals surface area contributed by atoms with Crippen LogP contribution >= 0.6 is 23.2 Å². The second kappa shape index (κ2) is 3.05. The number of carbonyl (C=O) groups is 1. The van der Waals surface area contributed by atoms with E-state index >= 15 is 0 Å². The van der Waals surface area contributed by atoms with Crippen LogP contribution in [0.1, 0.15) is 13.8 Å². The largest absolute Gasteiger partial charge is 0.481 e. The van der Waals surface area contributed by atoms with E-state index in [2.05, 4.69) is 0 Å². The van der Waals surface area contributed by atoms with Crippen molar-refractivity contribution in [3.05, 3.63) is 0 Å². The molecule has 0 aromatic heterocycles. The molecule has 0 aromatic rings. The first kappa shape index (κ1) is 10.1. The maximum Gasteiger partial charge on any atom is 0.312 e. The molecular formula is C7H10Cl2O3. The number of carboxylic acid groups (broad SMARTS) is 1. The van der Waals surface area contributed by atoms with Gasteiger partial charge in [0, 0.05) is 0 Å². The highest BCUT2D eigenvalue weighted by Gasteiger charge is 2.69. The lowest BCUT2D eigenvalue weighted by molar-refractivity contribution is -0.139. The van der Waals surface area contributed by atoms with Gasteiger partial charge in [-0.2, -0.15) is 0 Å². The molecule has 2 atom stereocenters. The molecule has 70 valence electrons. The number of rotatable bonds is 3. The molecule has 0 radical (unpaired) electrons. The lowest BCUT2D eigenvalue weighted by atomic mass is 10.4. The van der Waals surface area contributed by atoms with Gasteiger partial charge in [-0.15, -0.1) is 0 Å². The molecular weight excluding hydrogens is 203 g/mol. The van der Waals surface area contributed by atoms with Crippen molar-refractivity contribution in [2.75, 3.05) is 0 Å². The monoisotopic (exact) mass is 212 g/mol. The summed E-state index contributed by atoms with van der Waals surface area (Å²) in [5.74, 6) is -1.80. The first-order chi connectivity index (χ1) is 5.37. The summed E-state index contributed by atoms with van der Waals surface area (Å²) in [4.78, 5) is 10.5. The molecule has 1 aliphatic rings. The molecule has 2 unspecified atom stereocenters. The number of hydrogen-bond donors (Lipinski definition) is 1. The van der Waals surface area contributed by atoms with Crippen molar-refractivity contribution in [2.24, 2.45) is 5.92 Å². The molecule has 0 saturated heterocycles. The summed E-state index contributed by atoms with van der Waals surface area (Å²) in [5, 5.41) is 8.62. The molecule has 0 bridgehead atoms. The van der Waals surface area contributed by atoms with Gasteiger partial charge in [0.05, 0.1) is 6.10 Å². The Morgan fingerprint density at radius 2 is 2.08 bits per heavy atom. The Labute approximate surface area is 80.6 Å². The number of ether oxygens (including phenoxy) is 1. The van der Waals surface area contributed by atoms with Gasteiger partial charge >= 0.3 is 5.97 Å². The van der Waals surface area contributed by atoms with Gasteiger partial charge in [-0.05, 0) is 13.8 Å². The smallest absolute Gasteiger partial charge is 0.312 e. The maximum atomic E-state index is 10.5. The summed E-state index contributed by atoms with van der Waals surface area (Å²) in [6.07, 6.45) is -0.630. The highest BCUT2D eigenvalue weighted by atomic mass is 35.5. The molecule has 1 N–H and O–H groups in total. The Balaban J connectivity index is 2.54. The van der Waals surface area contributed by atoms with Crippen LogP contribution in [0.3, 0.4) is 0 Å². The fourth-order valence-corrected chi connectivity index (χ4v) is 1.70. The van der Waals surface area contributed by atoms with Gasteiger partial charge in [0.25, 0.3) is 0 Å². The molecule has 12 heavy (non-hydrogen) atoms. The number of hydrogen-bond acceptors (Lipinski definition) is 2. The van der Waals surface area contributed by atoms with Crippen molar-refractivity contribution in [2.45, 2.75) is 30.4 Å². The van der Waals surface area contributed by atoms with Crippen LogP contribution in [-0.4, -0.2) is 27.6 Å². The standard InChI is InChI=1S/C7H10Cl2O3/c1-3(2)12-5-4(6(10)11)7(5,8)9/h3-5H,1-2H3,(H,10,11). The highest BCUT2D eigenvalue weighted by molar-refractivity contribution is 6.53. The summed E-state index contributed by atoms with van der Waals surface area (Å²) < 4.78 is 3.97. The van der Waals surface area contributed by atoms with E-state index in [1.54, 1.807) is 13.8 Å². The van der Waals surface area contributed by atoms with Crippen LogP contribution in [-0.2, 0) is 9.53 Å². The van der Waals surface area contributed by atoms with E-state index in [1.165, 1.54) is 0 Å². The van der Waals surface area contributed by atoms with Gasteiger partial charge in [-0.25, -0.2) is 0 Å². The van der Waals surface area contributed by atoms with Crippen LogP contribution in [0.2, 0.25) is 0 Å². The first-order valence-corrected chi connectivity index (χ1v) is 4.39. The average molecular weight is 213 g/mol. The van der Waals surface area contributed by atoms with E-state index in [0.717, 1.165) is 0 Å². The third-order valence-corrected chi connectivity index (χ3v) is 2.57. The molecule has 0 heterocycles. The molecule has 3 nitrogen and oxygen atoms in total. The lowest BCUT2D eigenvalue weighted by Crippen LogP contribution is -2.10. The molecule has 0 spiro atoms. The van der Waals surface area contributed by atoms with E-state index in [1.807, 2.05) is 0 Å². The predicted molar refractivity (Wildman–Crippen MR) is 45.6 cm³/mol. The van der Waals surface area contributed by atoms with Gasteiger partial charge in [0.1, 0.15) is 12.0 Å². The van der Waals surface area contributed by atoms with Crippen molar-refractivity contribution in [1.29, 1.82) is 0 Å². The van der Waals surface area contributed by atoms with Crippen molar-refractivity contribution in [1.82, 2.24) is 0 Å². The van der Waals surface area contributed by atoms with Gasteiger partial charge in [-0.3, -0.25) is 4.79 Å². The zero-order valence-electron chi connectivity index (χ0n) is 6.75. The Morgan fingerprint density at radius 1 is 1.58 bits per heavy atom. The number of aliphatic carboxylic acids is 1. The number of carboxylic acids is 1. The van der Waals surface area contributed by atoms with Gasteiger partial charge < -0.3 is 9.84 Å². The summed E-state index contributed by atoms with van der Waals surface area (Å²) >= 11 is 11.3. The maximum absolute atomic E-state index is 10.5. The number of alkyl halides is 2. The van der Waals surface area contributed by atoms with Gasteiger partial charge in [-0.1, -0.05) is 23.2 Å². The highest BCUT2D eigenvalue weighted by Crippen LogP contribution is 2.55. The molecule has 1 saturated carbocycles. The SMILES string of the molecule is CC(C)OC1C(C(=O)O)C1(Cl)Cl. The van der Waals surface area contributed by atoms with Crippen molar-refractivity contribution < 1.29 is 14.6 Å². The fourth-order valence-electron chi connectivity index (χ4n) is 1.06. The quantitative estimate of drug-likeness (QED) is 0.725. The van der Waals surface area contributed by atoms with Gasteiger partial charge in [0.2, 0.25) is 0 Å². The number of halogens is 2. The van der Waals surface area contributed by atoms with Crippen LogP contribution in [0.15, 0.2) is 0 Å². The van der Waals surface area contributed by atoms with E-state index in [4.69, 9.17) is 33.0 Å². The molecule has 5 heteroatoms. The van der Waals surface area contributed by atoms with Crippen LogP contribution < -0.4 is 0 Å². The van der Waals surface area contributed by atoms with E-state index in [9.17, 15) is 4.79 Å². The minimum atomic E-state index is -1.24. The van der Waals surface area contributed by atoms with Gasteiger partial charge in [0.15, 0.2) is 4.33 Å². The molecule has 0 amide bonds. The van der Waals surface area contributed by atoms with Crippen molar-refractivity contribution in [3.8, 4) is 0 Å². The fraction of sp³-hybridized carbons (Fsp3) is 0.857. The second-order valence-corrected chi connectivity index (χ2v) is 4.54. The van der Waals surface area contributed by atoms with Crippen LogP contribution in [0.4, 0.5) is 0 Å².